The van der Waals surface area contributed by atoms with Crippen LogP contribution in [0.15, 0.2) is 23.8 Å². The largest absolute Gasteiger partial charge is 0.472 e. The first-order valence-electron chi connectivity index (χ1n) is 13.2. The maximum atomic E-state index is 13.1. The van der Waals surface area contributed by atoms with Crippen LogP contribution in [0.4, 0.5) is 11.8 Å². The molecule has 3 saturated heterocycles. The molecule has 3 fully saturated rings. The summed E-state index contributed by atoms with van der Waals surface area (Å²) in [5, 5.41) is 25.3. The summed E-state index contributed by atoms with van der Waals surface area (Å²) in [6.45, 7) is -0.465. The molecular formula is C22H27N10O10P. The van der Waals surface area contributed by atoms with E-state index < -0.39 is 69.1 Å². The van der Waals surface area contributed by atoms with Gasteiger partial charge in [-0.1, -0.05) is 0 Å². The molecule has 230 valence electrons. The number of aliphatic hydroxyl groups is 2. The molecule has 0 saturated carbocycles. The number of ether oxygens (including phenoxy) is 3. The molecule has 20 nitrogen and oxygen atoms in total. The van der Waals surface area contributed by atoms with Crippen LogP contribution in [0.5, 0.6) is 0 Å². The third-order valence-electron chi connectivity index (χ3n) is 7.68. The van der Waals surface area contributed by atoms with E-state index in [1.165, 1.54) is 23.5 Å². The molecule has 0 radical (unpaired) electrons. The van der Waals surface area contributed by atoms with E-state index in [1.54, 1.807) is 11.6 Å². The van der Waals surface area contributed by atoms with E-state index in [0.717, 1.165) is 0 Å². The summed E-state index contributed by atoms with van der Waals surface area (Å²) in [5.74, 6) is -0.360. The van der Waals surface area contributed by atoms with E-state index in [2.05, 4.69) is 35.2 Å². The van der Waals surface area contributed by atoms with E-state index in [-0.39, 0.29) is 30.1 Å². The van der Waals surface area contributed by atoms with Gasteiger partial charge in [-0.25, -0.2) is 24.5 Å². The maximum Gasteiger partial charge on any atom is 0.472 e. The van der Waals surface area contributed by atoms with Crippen molar-refractivity contribution in [2.75, 3.05) is 31.3 Å². The number of anilines is 2. The number of hydrogen-bond donors (Lipinski definition) is 6. The lowest BCUT2D eigenvalue weighted by atomic mass is 9.95. The Hall–Kier alpha value is -3.59. The maximum absolute atomic E-state index is 13.1. The van der Waals surface area contributed by atoms with Crippen LogP contribution >= 0.6 is 7.82 Å². The second kappa shape index (κ2) is 10.5. The van der Waals surface area contributed by atoms with Crippen LogP contribution < -0.4 is 16.6 Å². The molecule has 3 aliphatic heterocycles. The minimum atomic E-state index is -4.89. The zero-order chi connectivity index (χ0) is 30.0. The highest BCUT2D eigenvalue weighted by Crippen LogP contribution is 2.51. The van der Waals surface area contributed by atoms with Crippen molar-refractivity contribution in [1.29, 1.82) is 0 Å². The van der Waals surface area contributed by atoms with Crippen molar-refractivity contribution in [3.05, 3.63) is 29.3 Å². The molecule has 4 aromatic heterocycles. The van der Waals surface area contributed by atoms with Gasteiger partial charge in [-0.2, -0.15) is 4.98 Å². The predicted octanol–water partition coefficient (Wildman–Crippen LogP) is -1.40. The monoisotopic (exact) mass is 622 g/mol. The fourth-order valence-electron chi connectivity index (χ4n) is 5.66. The van der Waals surface area contributed by atoms with Crippen molar-refractivity contribution in [3.8, 4) is 0 Å². The van der Waals surface area contributed by atoms with Gasteiger partial charge >= 0.3 is 7.82 Å². The first-order chi connectivity index (χ1) is 20.6. The third-order valence-corrected chi connectivity index (χ3v) is 8.66. The SMILES string of the molecule is CNc1ncnc2c1ncn2[C@@H]1O[C@@H]2COP(=O)(O)O[C@@H]3[C@H](O)C(OCC[C@H]2[C@H]1O)O[C@H]3n1cnc2c(=O)[nH]c(N)nc21. The van der Waals surface area contributed by atoms with Crippen LogP contribution in [-0.2, 0) is 27.8 Å². The fraction of sp³-hybridized carbons (Fsp3) is 0.545. The van der Waals surface area contributed by atoms with Crippen molar-refractivity contribution >= 4 is 41.9 Å². The molecule has 43 heavy (non-hydrogen) atoms. The molecule has 0 aliphatic carbocycles. The van der Waals surface area contributed by atoms with Gasteiger partial charge in [-0.15, -0.1) is 0 Å². The predicted molar refractivity (Wildman–Crippen MR) is 142 cm³/mol. The minimum absolute atomic E-state index is 0.0121. The molecular weight excluding hydrogens is 595 g/mol. The topological polar surface area (TPSA) is 269 Å². The first-order valence-corrected chi connectivity index (χ1v) is 14.7. The van der Waals surface area contributed by atoms with Gasteiger partial charge in [0.2, 0.25) is 5.95 Å². The van der Waals surface area contributed by atoms with Gasteiger partial charge in [0.05, 0.1) is 32.0 Å². The van der Waals surface area contributed by atoms with Gasteiger partial charge in [0.25, 0.3) is 5.56 Å². The molecule has 2 unspecified atom stereocenters. The minimum Gasteiger partial charge on any atom is -0.388 e. The molecule has 7 rings (SSSR count). The molecule has 0 aromatic carbocycles. The Morgan fingerprint density at radius 2 is 1.84 bits per heavy atom. The average molecular weight is 622 g/mol. The Morgan fingerprint density at radius 1 is 1.07 bits per heavy atom. The van der Waals surface area contributed by atoms with Crippen molar-refractivity contribution in [1.82, 2.24) is 39.0 Å². The number of nitrogens with two attached hydrogens (primary N) is 1. The summed E-state index contributed by atoms with van der Waals surface area (Å²) in [5.41, 5.74) is 5.84. The third kappa shape index (κ3) is 4.76. The molecule has 3 aliphatic rings. The molecule has 2 bridgehead atoms. The second-order valence-electron chi connectivity index (χ2n) is 10.2. The number of aliphatic hydroxyl groups excluding tert-OH is 2. The zero-order valence-corrected chi connectivity index (χ0v) is 23.2. The number of hydrogen-bond acceptors (Lipinski definition) is 16. The van der Waals surface area contributed by atoms with Crippen LogP contribution in [0, 0.1) is 5.92 Å². The number of nitrogens with zero attached hydrogens (tertiary/aromatic N) is 7. The Labute approximate surface area is 240 Å². The van der Waals surface area contributed by atoms with E-state index in [0.29, 0.717) is 17.0 Å². The lowest BCUT2D eigenvalue weighted by Crippen LogP contribution is -2.37. The Morgan fingerprint density at radius 3 is 2.63 bits per heavy atom. The Balaban J connectivity index is 1.16. The van der Waals surface area contributed by atoms with E-state index >= 15 is 0 Å². The highest BCUT2D eigenvalue weighted by atomic mass is 31.2. The Bertz CT molecular complexity index is 1780. The van der Waals surface area contributed by atoms with E-state index in [4.69, 9.17) is 29.0 Å². The van der Waals surface area contributed by atoms with Crippen LogP contribution in [-0.4, -0.2) is 105 Å². The number of aromatic amines is 1. The van der Waals surface area contributed by atoms with E-state index in [1.807, 2.05) is 0 Å². The van der Waals surface area contributed by atoms with E-state index in [9.17, 15) is 24.5 Å². The summed E-state index contributed by atoms with van der Waals surface area (Å²) in [6, 6.07) is 0. The lowest BCUT2D eigenvalue weighted by molar-refractivity contribution is -0.178. The quantitative estimate of drug-likeness (QED) is 0.143. The summed E-state index contributed by atoms with van der Waals surface area (Å²) in [7, 11) is -3.20. The number of H-pyrrole nitrogens is 1. The van der Waals surface area contributed by atoms with Gasteiger partial charge in [0.1, 0.15) is 30.2 Å². The highest BCUT2D eigenvalue weighted by Gasteiger charge is 2.52. The molecule has 21 heteroatoms. The second-order valence-corrected chi connectivity index (χ2v) is 11.6. The first kappa shape index (κ1) is 28.2. The summed E-state index contributed by atoms with van der Waals surface area (Å²) < 4.78 is 44.5. The normalized spacial score (nSPS) is 35.1. The molecule has 0 amide bonds. The fourth-order valence-corrected chi connectivity index (χ4v) is 6.59. The summed E-state index contributed by atoms with van der Waals surface area (Å²) >= 11 is 0. The molecule has 7 heterocycles. The smallest absolute Gasteiger partial charge is 0.388 e. The van der Waals surface area contributed by atoms with Gasteiger partial charge in [0.15, 0.2) is 41.4 Å². The van der Waals surface area contributed by atoms with Gasteiger partial charge in [0, 0.05) is 13.0 Å². The molecule has 9 atom stereocenters. The number of aromatic nitrogens is 8. The zero-order valence-electron chi connectivity index (χ0n) is 22.3. The van der Waals surface area contributed by atoms with Crippen molar-refractivity contribution in [2.24, 2.45) is 5.92 Å². The molecule has 7 N–H and O–H groups in total. The number of phosphoric acid groups is 1. The van der Waals surface area contributed by atoms with Gasteiger partial charge in [-0.3, -0.25) is 28.0 Å². The average Bonchev–Trinajstić information content (AvgIpc) is 3.73. The lowest BCUT2D eigenvalue weighted by Gasteiger charge is -2.26. The number of fused-ring (bicyclic) bond motifs is 5. The summed E-state index contributed by atoms with van der Waals surface area (Å²) in [6.07, 6.45) is -4.52. The van der Waals surface area contributed by atoms with Crippen LogP contribution in [0.25, 0.3) is 22.3 Å². The van der Waals surface area contributed by atoms with Crippen LogP contribution in [0.3, 0.4) is 0 Å². The van der Waals surface area contributed by atoms with Crippen LogP contribution in [0.2, 0.25) is 0 Å². The van der Waals surface area contributed by atoms with Gasteiger partial charge in [-0.05, 0) is 6.42 Å². The number of phosphoric ester groups is 1. The highest BCUT2D eigenvalue weighted by molar-refractivity contribution is 7.47. The summed E-state index contributed by atoms with van der Waals surface area (Å²) in [4.78, 5) is 46.1. The molecule has 4 aromatic rings. The molecule has 0 spiro atoms. The standard InChI is InChI=1S/C22H27N10O10P/c1-24-15-10-16(26-5-25-15)31(6-27-10)19-12(33)8-2-3-38-21-13(34)14(42-43(36,37)39-4-9(8)40-19)20(41-21)32-7-28-11-17(32)29-22(23)30-18(11)35/h5-9,12-14,19-21,33-34H,2-4H2,1H3,(H,36,37)(H,24,25,26)(H3,23,29,30,35)/t8-,9-,12-,13+,14-,19-,20-,21?/m1/s1. The van der Waals surface area contributed by atoms with Crippen LogP contribution in [0.1, 0.15) is 18.9 Å². The Kier molecular flexibility index (Phi) is 6.91. The van der Waals surface area contributed by atoms with Crippen molar-refractivity contribution in [3.63, 3.8) is 0 Å². The number of nitrogen functional groups attached to an aromatic ring is 1. The number of imidazole rings is 2. The number of nitrogens with one attached hydrogen (secondary N) is 2. The van der Waals surface area contributed by atoms with Gasteiger partial charge < -0.3 is 40.4 Å². The van der Waals surface area contributed by atoms with Crippen molar-refractivity contribution < 1.29 is 42.9 Å². The van der Waals surface area contributed by atoms with Crippen molar-refractivity contribution in [2.45, 2.75) is 49.6 Å². The number of rotatable bonds is 3.